The standard InChI is InChI=1S/C16H10BrF2N3O2/c17-7-1-2-12(10(18)5-7)22-15-9(16(23)24)6-8-11(20)3-4-21-14(8)13(15)19/h1-6,22H,(H2,20,21)(H,23,24). The number of pyridine rings is 1. The number of anilines is 3. The Bertz CT molecular complexity index is 979. The van der Waals surface area contributed by atoms with E-state index in [1.54, 1.807) is 6.07 Å². The summed E-state index contributed by atoms with van der Waals surface area (Å²) in [6.45, 7) is 0. The van der Waals surface area contributed by atoms with E-state index in [1.165, 1.54) is 30.5 Å². The van der Waals surface area contributed by atoms with Gasteiger partial charge < -0.3 is 16.2 Å². The summed E-state index contributed by atoms with van der Waals surface area (Å²) < 4.78 is 29.3. The van der Waals surface area contributed by atoms with Gasteiger partial charge in [-0.15, -0.1) is 0 Å². The van der Waals surface area contributed by atoms with Crippen molar-refractivity contribution in [2.24, 2.45) is 0 Å². The zero-order valence-electron chi connectivity index (χ0n) is 12.0. The van der Waals surface area contributed by atoms with Crippen LogP contribution >= 0.6 is 15.9 Å². The smallest absolute Gasteiger partial charge is 0.337 e. The molecular weight excluding hydrogens is 384 g/mol. The lowest BCUT2D eigenvalue weighted by Gasteiger charge is -2.14. The topological polar surface area (TPSA) is 88.2 Å². The highest BCUT2D eigenvalue weighted by Gasteiger charge is 2.21. The van der Waals surface area contributed by atoms with Crippen LogP contribution in [0.4, 0.5) is 25.8 Å². The number of nitrogens with zero attached hydrogens (tertiary/aromatic N) is 1. The van der Waals surface area contributed by atoms with Gasteiger partial charge in [-0.3, -0.25) is 4.98 Å². The molecule has 24 heavy (non-hydrogen) atoms. The van der Waals surface area contributed by atoms with Crippen LogP contribution in [0.5, 0.6) is 0 Å². The zero-order chi connectivity index (χ0) is 17.4. The summed E-state index contributed by atoms with van der Waals surface area (Å²) in [5.74, 6) is -2.96. The van der Waals surface area contributed by atoms with Crippen LogP contribution in [0.2, 0.25) is 0 Å². The van der Waals surface area contributed by atoms with Crippen molar-refractivity contribution in [2.75, 3.05) is 11.1 Å². The number of nitrogens with one attached hydrogen (secondary N) is 1. The minimum atomic E-state index is -1.38. The molecule has 8 heteroatoms. The molecule has 0 aliphatic heterocycles. The highest BCUT2D eigenvalue weighted by molar-refractivity contribution is 9.10. The highest BCUT2D eigenvalue weighted by atomic mass is 79.9. The first-order valence-electron chi connectivity index (χ1n) is 6.70. The fourth-order valence-corrected chi connectivity index (χ4v) is 2.62. The maximum Gasteiger partial charge on any atom is 0.337 e. The predicted octanol–water partition coefficient (Wildman–Crippen LogP) is 4.30. The third kappa shape index (κ3) is 2.76. The van der Waals surface area contributed by atoms with Crippen LogP contribution in [0.1, 0.15) is 10.4 Å². The number of carboxylic acids is 1. The lowest BCUT2D eigenvalue weighted by molar-refractivity contribution is 0.0697. The van der Waals surface area contributed by atoms with Gasteiger partial charge in [0.15, 0.2) is 5.82 Å². The molecule has 2 aromatic carbocycles. The van der Waals surface area contributed by atoms with Crippen LogP contribution in [0.15, 0.2) is 41.0 Å². The molecule has 3 aromatic rings. The van der Waals surface area contributed by atoms with Crippen molar-refractivity contribution < 1.29 is 18.7 Å². The summed E-state index contributed by atoms with van der Waals surface area (Å²) in [6, 6.07) is 6.73. The summed E-state index contributed by atoms with van der Waals surface area (Å²) in [5, 5.41) is 12.0. The number of carboxylic acid groups (broad SMARTS) is 1. The monoisotopic (exact) mass is 393 g/mol. The summed E-state index contributed by atoms with van der Waals surface area (Å²) in [6.07, 6.45) is 1.31. The number of benzene rings is 2. The van der Waals surface area contributed by atoms with E-state index in [9.17, 15) is 18.7 Å². The Morgan fingerprint density at radius 3 is 2.67 bits per heavy atom. The van der Waals surface area contributed by atoms with E-state index in [2.05, 4.69) is 26.2 Å². The molecule has 0 atom stereocenters. The van der Waals surface area contributed by atoms with Gasteiger partial charge in [-0.1, -0.05) is 15.9 Å². The van der Waals surface area contributed by atoms with Crippen LogP contribution < -0.4 is 11.1 Å². The van der Waals surface area contributed by atoms with Gasteiger partial charge in [0.2, 0.25) is 0 Å². The molecule has 0 aliphatic carbocycles. The second-order valence-electron chi connectivity index (χ2n) is 4.96. The number of hydrogen-bond donors (Lipinski definition) is 3. The number of halogens is 3. The average Bonchev–Trinajstić information content (AvgIpc) is 2.52. The normalized spacial score (nSPS) is 10.8. The molecule has 5 nitrogen and oxygen atoms in total. The molecule has 0 unspecified atom stereocenters. The van der Waals surface area contributed by atoms with E-state index in [0.29, 0.717) is 4.47 Å². The Kier molecular flexibility index (Phi) is 4.06. The van der Waals surface area contributed by atoms with Crippen LogP contribution in [0.3, 0.4) is 0 Å². The first-order chi connectivity index (χ1) is 11.4. The molecule has 3 rings (SSSR count). The number of rotatable bonds is 3. The zero-order valence-corrected chi connectivity index (χ0v) is 13.6. The average molecular weight is 394 g/mol. The molecule has 0 spiro atoms. The molecule has 1 aromatic heterocycles. The molecular formula is C16H10BrF2N3O2. The first-order valence-corrected chi connectivity index (χ1v) is 7.50. The number of aromatic nitrogens is 1. The number of carbonyl (C=O) groups is 1. The van der Waals surface area contributed by atoms with Crippen molar-refractivity contribution in [2.45, 2.75) is 0 Å². The molecule has 0 fully saturated rings. The Hall–Kier alpha value is -2.74. The van der Waals surface area contributed by atoms with E-state index in [4.69, 9.17) is 5.73 Å². The van der Waals surface area contributed by atoms with Crippen molar-refractivity contribution in [3.8, 4) is 0 Å². The van der Waals surface area contributed by atoms with E-state index in [-0.39, 0.29) is 33.5 Å². The predicted molar refractivity (Wildman–Crippen MR) is 90.5 cm³/mol. The lowest BCUT2D eigenvalue weighted by atomic mass is 10.1. The fraction of sp³-hybridized carbons (Fsp3) is 0. The minimum Gasteiger partial charge on any atom is -0.478 e. The molecule has 122 valence electrons. The Morgan fingerprint density at radius 2 is 2.00 bits per heavy atom. The fourth-order valence-electron chi connectivity index (χ4n) is 2.28. The summed E-state index contributed by atoms with van der Waals surface area (Å²) in [5.41, 5.74) is 5.03. The lowest BCUT2D eigenvalue weighted by Crippen LogP contribution is -2.08. The number of nitrogen functional groups attached to an aromatic ring is 1. The Balaban J connectivity index is 2.24. The van der Waals surface area contributed by atoms with E-state index in [1.807, 2.05) is 0 Å². The van der Waals surface area contributed by atoms with Gasteiger partial charge in [0.05, 0.1) is 16.9 Å². The second-order valence-corrected chi connectivity index (χ2v) is 5.88. The molecule has 0 saturated carbocycles. The SMILES string of the molecule is Nc1ccnc2c(F)c(Nc3ccc(Br)cc3F)c(C(=O)O)cc12. The van der Waals surface area contributed by atoms with Gasteiger partial charge in [-0.05, 0) is 30.3 Å². The second kappa shape index (κ2) is 6.04. The quantitative estimate of drug-likeness (QED) is 0.617. The highest BCUT2D eigenvalue weighted by Crippen LogP contribution is 2.33. The van der Waals surface area contributed by atoms with Crippen molar-refractivity contribution in [1.82, 2.24) is 4.98 Å². The van der Waals surface area contributed by atoms with E-state index >= 15 is 0 Å². The maximum absolute atomic E-state index is 14.8. The van der Waals surface area contributed by atoms with Crippen molar-refractivity contribution in [3.05, 3.63) is 58.2 Å². The van der Waals surface area contributed by atoms with Crippen LogP contribution in [0, 0.1) is 11.6 Å². The third-order valence-corrected chi connectivity index (χ3v) is 3.92. The van der Waals surface area contributed by atoms with Gasteiger partial charge in [-0.2, -0.15) is 0 Å². The first kappa shape index (κ1) is 16.1. The minimum absolute atomic E-state index is 0.0668. The molecule has 0 saturated heterocycles. The molecule has 0 amide bonds. The largest absolute Gasteiger partial charge is 0.478 e. The van der Waals surface area contributed by atoms with Gasteiger partial charge in [0.25, 0.3) is 0 Å². The van der Waals surface area contributed by atoms with Gasteiger partial charge >= 0.3 is 5.97 Å². The van der Waals surface area contributed by atoms with Crippen LogP contribution in [0.25, 0.3) is 10.9 Å². The summed E-state index contributed by atoms with van der Waals surface area (Å²) in [4.78, 5) is 15.4. The van der Waals surface area contributed by atoms with Gasteiger partial charge in [0, 0.05) is 21.7 Å². The number of hydrogen-bond acceptors (Lipinski definition) is 4. The summed E-state index contributed by atoms with van der Waals surface area (Å²) >= 11 is 3.11. The van der Waals surface area contributed by atoms with Gasteiger partial charge in [0.1, 0.15) is 11.3 Å². The van der Waals surface area contributed by atoms with Crippen LogP contribution in [-0.2, 0) is 0 Å². The number of fused-ring (bicyclic) bond motifs is 1. The van der Waals surface area contributed by atoms with E-state index < -0.39 is 17.6 Å². The van der Waals surface area contributed by atoms with E-state index in [0.717, 1.165) is 0 Å². The molecule has 1 heterocycles. The number of nitrogens with two attached hydrogens (primary N) is 1. The molecule has 0 aliphatic rings. The number of aromatic carboxylic acids is 1. The molecule has 0 bridgehead atoms. The third-order valence-electron chi connectivity index (χ3n) is 3.43. The van der Waals surface area contributed by atoms with Crippen molar-refractivity contribution in [1.29, 1.82) is 0 Å². The van der Waals surface area contributed by atoms with Crippen molar-refractivity contribution >= 4 is 49.9 Å². The molecule has 0 radical (unpaired) electrons. The van der Waals surface area contributed by atoms with Crippen LogP contribution in [-0.4, -0.2) is 16.1 Å². The Morgan fingerprint density at radius 1 is 1.25 bits per heavy atom. The maximum atomic E-state index is 14.8. The summed E-state index contributed by atoms with van der Waals surface area (Å²) in [7, 11) is 0. The van der Waals surface area contributed by atoms with Crippen molar-refractivity contribution in [3.63, 3.8) is 0 Å². The molecule has 4 N–H and O–H groups in total. The van der Waals surface area contributed by atoms with Gasteiger partial charge in [-0.25, -0.2) is 13.6 Å². The Labute approximate surface area is 143 Å².